The zero-order valence-electron chi connectivity index (χ0n) is 13.0. The zero-order valence-corrected chi connectivity index (χ0v) is 13.0. The van der Waals surface area contributed by atoms with Crippen molar-refractivity contribution in [1.29, 1.82) is 0 Å². The van der Waals surface area contributed by atoms with Gasteiger partial charge in [0.15, 0.2) is 5.71 Å². The first kappa shape index (κ1) is 14.9. The molecule has 0 saturated carbocycles. The number of nitrogens with zero attached hydrogens (tertiary/aromatic N) is 4. The van der Waals surface area contributed by atoms with Crippen LogP contribution in [-0.4, -0.2) is 31.7 Å². The normalized spacial score (nSPS) is 11.8. The molecule has 0 amide bonds. The molecule has 6 nitrogen and oxygen atoms in total. The summed E-state index contributed by atoms with van der Waals surface area (Å²) in [6.45, 7) is 0. The topological polar surface area (TPSA) is 88.3 Å². The van der Waals surface area contributed by atoms with Gasteiger partial charge in [0, 0.05) is 23.2 Å². The van der Waals surface area contributed by atoms with Crippen molar-refractivity contribution in [2.75, 3.05) is 0 Å². The summed E-state index contributed by atoms with van der Waals surface area (Å²) < 4.78 is 0. The van der Waals surface area contributed by atoms with Crippen molar-refractivity contribution in [3.05, 3.63) is 78.4 Å². The second-order valence-electron chi connectivity index (χ2n) is 5.40. The van der Waals surface area contributed by atoms with Gasteiger partial charge in [0.25, 0.3) is 0 Å². The smallest absolute Gasteiger partial charge is 0.235 e. The minimum Gasteiger partial charge on any atom is -0.410 e. The first-order valence-electron chi connectivity index (χ1n) is 7.60. The largest absolute Gasteiger partial charge is 0.410 e. The fraction of sp³-hybridized carbons (Fsp3) is 0. The van der Waals surface area contributed by atoms with Crippen molar-refractivity contribution < 1.29 is 10.0 Å². The highest BCUT2D eigenvalue weighted by molar-refractivity contribution is 6.50. The highest BCUT2D eigenvalue weighted by Crippen LogP contribution is 2.22. The lowest BCUT2D eigenvalue weighted by molar-refractivity contribution is 0.105. The Morgan fingerprint density at radius 1 is 0.800 bits per heavy atom. The first-order chi connectivity index (χ1) is 12.3. The third-order valence-corrected chi connectivity index (χ3v) is 3.89. The molecule has 0 aliphatic carbocycles. The standard InChI is InChI=1S/C19H12N4O2/c24-19(15-5-1-2-10-20-15)18(23-25)14-9-8-13-7-6-12-4-3-11-21-16(12)17(13)22-14/h1-11,25H/b23-18-. The van der Waals surface area contributed by atoms with E-state index in [1.165, 1.54) is 6.20 Å². The molecule has 0 fully saturated rings. The van der Waals surface area contributed by atoms with Crippen LogP contribution in [0.3, 0.4) is 0 Å². The van der Waals surface area contributed by atoms with Crippen LogP contribution in [0.25, 0.3) is 21.8 Å². The van der Waals surface area contributed by atoms with E-state index in [1.54, 1.807) is 30.5 Å². The number of benzene rings is 1. The SMILES string of the molecule is O=C(/C(=N\O)c1ccc2ccc3cccnc3c2n1)c1ccccn1. The van der Waals surface area contributed by atoms with Crippen LogP contribution in [0.1, 0.15) is 16.2 Å². The quantitative estimate of drug-likeness (QED) is 0.205. The van der Waals surface area contributed by atoms with Crippen LogP contribution in [-0.2, 0) is 0 Å². The summed E-state index contributed by atoms with van der Waals surface area (Å²) in [6.07, 6.45) is 3.20. The van der Waals surface area contributed by atoms with Gasteiger partial charge in [-0.3, -0.25) is 14.8 Å². The van der Waals surface area contributed by atoms with E-state index in [0.717, 1.165) is 16.3 Å². The number of fused-ring (bicyclic) bond motifs is 3. The van der Waals surface area contributed by atoms with Crippen LogP contribution in [0.4, 0.5) is 0 Å². The second-order valence-corrected chi connectivity index (χ2v) is 5.40. The molecule has 25 heavy (non-hydrogen) atoms. The van der Waals surface area contributed by atoms with Crippen molar-refractivity contribution in [2.45, 2.75) is 0 Å². The Kier molecular flexibility index (Phi) is 3.63. The van der Waals surface area contributed by atoms with Crippen LogP contribution in [0.15, 0.2) is 72.1 Å². The lowest BCUT2D eigenvalue weighted by Crippen LogP contribution is -2.18. The minimum atomic E-state index is -0.497. The Morgan fingerprint density at radius 3 is 2.32 bits per heavy atom. The third kappa shape index (κ3) is 2.59. The summed E-state index contributed by atoms with van der Waals surface area (Å²) in [5.74, 6) is -0.497. The Labute approximate surface area is 142 Å². The maximum atomic E-state index is 12.6. The Balaban J connectivity index is 1.88. The molecule has 120 valence electrons. The van der Waals surface area contributed by atoms with E-state index >= 15 is 0 Å². The summed E-state index contributed by atoms with van der Waals surface area (Å²) in [4.78, 5) is 25.5. The Hall–Kier alpha value is -3.67. The number of aromatic nitrogens is 3. The molecule has 1 aromatic carbocycles. The summed E-state index contributed by atoms with van der Waals surface area (Å²) >= 11 is 0. The molecule has 0 bridgehead atoms. The molecule has 0 saturated heterocycles. The highest BCUT2D eigenvalue weighted by atomic mass is 16.4. The molecule has 3 heterocycles. The van der Waals surface area contributed by atoms with Gasteiger partial charge in [-0.1, -0.05) is 35.5 Å². The predicted octanol–water partition coefficient (Wildman–Crippen LogP) is 3.24. The number of ketones is 1. The van der Waals surface area contributed by atoms with Crippen molar-refractivity contribution in [3.63, 3.8) is 0 Å². The molecule has 0 spiro atoms. The molecule has 0 aliphatic heterocycles. The van der Waals surface area contributed by atoms with Gasteiger partial charge < -0.3 is 5.21 Å². The summed E-state index contributed by atoms with van der Waals surface area (Å²) in [6, 6.07) is 16.1. The summed E-state index contributed by atoms with van der Waals surface area (Å²) in [5, 5.41) is 14.4. The molecule has 6 heteroatoms. The van der Waals surface area contributed by atoms with Crippen molar-refractivity contribution in [2.24, 2.45) is 5.16 Å². The van der Waals surface area contributed by atoms with E-state index in [-0.39, 0.29) is 17.1 Å². The number of pyridine rings is 3. The summed E-state index contributed by atoms with van der Waals surface area (Å²) in [7, 11) is 0. The van der Waals surface area contributed by atoms with E-state index in [4.69, 9.17) is 0 Å². The van der Waals surface area contributed by atoms with E-state index in [9.17, 15) is 10.0 Å². The number of hydrogen-bond donors (Lipinski definition) is 1. The molecule has 4 aromatic rings. The van der Waals surface area contributed by atoms with Gasteiger partial charge in [-0.05, 0) is 24.3 Å². The van der Waals surface area contributed by atoms with Crippen LogP contribution in [0.2, 0.25) is 0 Å². The van der Waals surface area contributed by atoms with Crippen molar-refractivity contribution in [1.82, 2.24) is 15.0 Å². The average molecular weight is 328 g/mol. The molecule has 0 unspecified atom stereocenters. The Morgan fingerprint density at radius 2 is 1.56 bits per heavy atom. The lowest BCUT2D eigenvalue weighted by Gasteiger charge is -2.06. The van der Waals surface area contributed by atoms with Crippen molar-refractivity contribution >= 4 is 33.3 Å². The first-order valence-corrected chi connectivity index (χ1v) is 7.60. The molecular formula is C19H12N4O2. The van der Waals surface area contributed by atoms with Crippen LogP contribution < -0.4 is 0 Å². The van der Waals surface area contributed by atoms with Gasteiger partial charge in [-0.2, -0.15) is 0 Å². The van der Waals surface area contributed by atoms with Gasteiger partial charge in [-0.15, -0.1) is 0 Å². The number of oxime groups is 1. The monoisotopic (exact) mass is 328 g/mol. The summed E-state index contributed by atoms with van der Waals surface area (Å²) in [5.41, 5.74) is 1.67. The molecule has 3 aromatic heterocycles. The number of rotatable bonds is 3. The van der Waals surface area contributed by atoms with Gasteiger partial charge in [-0.25, -0.2) is 4.98 Å². The zero-order chi connectivity index (χ0) is 17.2. The molecule has 0 atom stereocenters. The van der Waals surface area contributed by atoms with Crippen molar-refractivity contribution in [3.8, 4) is 0 Å². The maximum absolute atomic E-state index is 12.6. The van der Waals surface area contributed by atoms with Crippen LogP contribution in [0, 0.1) is 0 Å². The molecular weight excluding hydrogens is 316 g/mol. The van der Waals surface area contributed by atoms with E-state index in [1.807, 2.05) is 30.3 Å². The number of carbonyl (C=O) groups excluding carboxylic acids is 1. The van der Waals surface area contributed by atoms with E-state index < -0.39 is 5.78 Å². The maximum Gasteiger partial charge on any atom is 0.235 e. The fourth-order valence-electron chi connectivity index (χ4n) is 2.69. The van der Waals surface area contributed by atoms with Crippen LogP contribution in [0.5, 0.6) is 0 Å². The van der Waals surface area contributed by atoms with E-state index in [2.05, 4.69) is 20.1 Å². The number of hydrogen-bond acceptors (Lipinski definition) is 6. The molecule has 0 radical (unpaired) electrons. The van der Waals surface area contributed by atoms with Gasteiger partial charge >= 0.3 is 0 Å². The number of Topliss-reactive ketones (excluding diaryl/α,β-unsaturated/α-hetero) is 1. The molecule has 4 rings (SSSR count). The number of carbonyl (C=O) groups is 1. The average Bonchev–Trinajstić information content (AvgIpc) is 2.69. The Bertz CT molecular complexity index is 1120. The van der Waals surface area contributed by atoms with E-state index in [0.29, 0.717) is 5.52 Å². The molecule has 0 aliphatic rings. The van der Waals surface area contributed by atoms with Gasteiger partial charge in [0.2, 0.25) is 5.78 Å². The van der Waals surface area contributed by atoms with Gasteiger partial charge in [0.1, 0.15) is 5.69 Å². The van der Waals surface area contributed by atoms with Gasteiger partial charge in [0.05, 0.1) is 16.7 Å². The fourth-order valence-corrected chi connectivity index (χ4v) is 2.69. The second kappa shape index (κ2) is 6.09. The van der Waals surface area contributed by atoms with Crippen LogP contribution >= 0.6 is 0 Å². The molecule has 1 N–H and O–H groups in total. The lowest BCUT2D eigenvalue weighted by atomic mass is 10.1. The highest BCUT2D eigenvalue weighted by Gasteiger charge is 2.20. The predicted molar refractivity (Wildman–Crippen MR) is 93.9 cm³/mol. The minimum absolute atomic E-state index is 0.159. The third-order valence-electron chi connectivity index (χ3n) is 3.89.